The van der Waals surface area contributed by atoms with E-state index >= 15 is 0 Å². The maximum absolute atomic E-state index is 10.4. The molecule has 5 nitrogen and oxygen atoms in total. The van der Waals surface area contributed by atoms with E-state index in [-0.39, 0.29) is 13.2 Å². The van der Waals surface area contributed by atoms with Gasteiger partial charge in [-0.15, -0.1) is 0 Å². The van der Waals surface area contributed by atoms with Gasteiger partial charge in [-0.05, 0) is 30.5 Å². The van der Waals surface area contributed by atoms with Crippen molar-refractivity contribution in [1.29, 1.82) is 0 Å². The second-order valence-corrected chi connectivity index (χ2v) is 5.89. The quantitative estimate of drug-likeness (QED) is 0.630. The minimum atomic E-state index is -1.03. The highest BCUT2D eigenvalue weighted by Gasteiger charge is 2.30. The van der Waals surface area contributed by atoms with Crippen LogP contribution in [0.25, 0.3) is 0 Å². The summed E-state index contributed by atoms with van der Waals surface area (Å²) >= 11 is 0. The van der Waals surface area contributed by atoms with Gasteiger partial charge in [-0.3, -0.25) is 0 Å². The van der Waals surface area contributed by atoms with Gasteiger partial charge in [0.25, 0.3) is 0 Å². The Labute approximate surface area is 125 Å². The molecule has 0 heterocycles. The Bertz CT molecular complexity index is 446. The third-order valence-corrected chi connectivity index (χ3v) is 4.10. The molecule has 0 aliphatic heterocycles. The first kappa shape index (κ1) is 16.2. The zero-order valence-electron chi connectivity index (χ0n) is 12.2. The van der Waals surface area contributed by atoms with Crippen molar-refractivity contribution in [2.24, 2.45) is 5.73 Å². The Balaban J connectivity index is 1.97. The van der Waals surface area contributed by atoms with E-state index in [1.165, 1.54) is 6.42 Å². The van der Waals surface area contributed by atoms with Gasteiger partial charge in [0.2, 0.25) is 0 Å². The first-order chi connectivity index (χ1) is 10.0. The minimum Gasteiger partial charge on any atom is -0.491 e. The number of benzene rings is 1. The summed E-state index contributed by atoms with van der Waals surface area (Å²) in [6.45, 7) is 0.248. The Morgan fingerprint density at radius 3 is 2.57 bits per heavy atom. The standard InChI is InChI=1S/C16H25NO4/c17-10-14(18)15(19)12-5-4-6-13(9-12)21-11-16(20)7-2-1-3-8-16/h4-6,9,14-15,18-20H,1-3,7-8,10-11,17H2/t14-,15+/m1/s1. The van der Waals surface area contributed by atoms with E-state index in [9.17, 15) is 15.3 Å². The van der Waals surface area contributed by atoms with E-state index in [1.54, 1.807) is 24.3 Å². The van der Waals surface area contributed by atoms with Crippen molar-refractivity contribution in [3.8, 4) is 5.75 Å². The molecule has 0 spiro atoms. The fourth-order valence-electron chi connectivity index (χ4n) is 2.71. The van der Waals surface area contributed by atoms with Crippen LogP contribution < -0.4 is 10.5 Å². The number of hydrogen-bond donors (Lipinski definition) is 4. The molecular weight excluding hydrogens is 270 g/mol. The Morgan fingerprint density at radius 1 is 1.19 bits per heavy atom. The fourth-order valence-corrected chi connectivity index (χ4v) is 2.71. The van der Waals surface area contributed by atoms with E-state index < -0.39 is 17.8 Å². The maximum atomic E-state index is 10.4. The van der Waals surface area contributed by atoms with Crippen LogP contribution >= 0.6 is 0 Å². The zero-order chi connectivity index (χ0) is 15.3. The topological polar surface area (TPSA) is 95.9 Å². The van der Waals surface area contributed by atoms with Crippen molar-refractivity contribution >= 4 is 0 Å². The molecule has 2 atom stereocenters. The molecule has 1 saturated carbocycles. The van der Waals surface area contributed by atoms with Gasteiger partial charge in [0.15, 0.2) is 0 Å². The van der Waals surface area contributed by atoms with Crippen LogP contribution in [-0.2, 0) is 0 Å². The van der Waals surface area contributed by atoms with Crippen LogP contribution in [0.4, 0.5) is 0 Å². The average Bonchev–Trinajstić information content (AvgIpc) is 2.52. The lowest BCUT2D eigenvalue weighted by atomic mass is 9.85. The molecule has 0 radical (unpaired) electrons. The summed E-state index contributed by atoms with van der Waals surface area (Å²) in [4.78, 5) is 0. The summed E-state index contributed by atoms with van der Waals surface area (Å²) in [6, 6.07) is 6.92. The van der Waals surface area contributed by atoms with Crippen molar-refractivity contribution in [1.82, 2.24) is 0 Å². The molecule has 1 aromatic rings. The van der Waals surface area contributed by atoms with Gasteiger partial charge in [0.05, 0.1) is 11.7 Å². The van der Waals surface area contributed by atoms with Crippen molar-refractivity contribution in [3.05, 3.63) is 29.8 Å². The number of aliphatic hydroxyl groups is 3. The number of ether oxygens (including phenoxy) is 1. The molecule has 21 heavy (non-hydrogen) atoms. The second kappa shape index (κ2) is 7.22. The van der Waals surface area contributed by atoms with Crippen molar-refractivity contribution < 1.29 is 20.1 Å². The molecule has 0 amide bonds. The van der Waals surface area contributed by atoms with Crippen LogP contribution in [0.15, 0.2) is 24.3 Å². The van der Waals surface area contributed by atoms with Gasteiger partial charge < -0.3 is 25.8 Å². The lowest BCUT2D eigenvalue weighted by Gasteiger charge is -2.31. The minimum absolute atomic E-state index is 0.00793. The molecule has 0 aromatic heterocycles. The first-order valence-corrected chi connectivity index (χ1v) is 7.55. The molecule has 1 aromatic carbocycles. The van der Waals surface area contributed by atoms with Gasteiger partial charge in [-0.1, -0.05) is 31.4 Å². The van der Waals surface area contributed by atoms with Gasteiger partial charge in [0, 0.05) is 6.54 Å². The Hall–Kier alpha value is -1.14. The predicted octanol–water partition coefficient (Wildman–Crippen LogP) is 1.11. The normalized spacial score (nSPS) is 20.8. The lowest BCUT2D eigenvalue weighted by molar-refractivity contribution is -0.0340. The van der Waals surface area contributed by atoms with Gasteiger partial charge in [0.1, 0.15) is 18.5 Å². The molecule has 5 N–H and O–H groups in total. The largest absolute Gasteiger partial charge is 0.491 e. The summed E-state index contributed by atoms with van der Waals surface area (Å²) in [5.41, 5.74) is 5.16. The molecule has 0 unspecified atom stereocenters. The summed E-state index contributed by atoms with van der Waals surface area (Å²) in [6.07, 6.45) is 2.73. The molecule has 1 fully saturated rings. The van der Waals surface area contributed by atoms with Crippen LogP contribution in [0.5, 0.6) is 5.75 Å². The molecule has 118 valence electrons. The number of hydrogen-bond acceptors (Lipinski definition) is 5. The van der Waals surface area contributed by atoms with Crippen LogP contribution in [0.1, 0.15) is 43.8 Å². The maximum Gasteiger partial charge on any atom is 0.119 e. The molecule has 5 heteroatoms. The SMILES string of the molecule is NC[C@@H](O)[C@@H](O)c1cccc(OCC2(O)CCCCC2)c1. The average molecular weight is 295 g/mol. The zero-order valence-corrected chi connectivity index (χ0v) is 12.2. The fraction of sp³-hybridized carbons (Fsp3) is 0.625. The summed E-state index contributed by atoms with van der Waals surface area (Å²) in [7, 11) is 0. The van der Waals surface area contributed by atoms with Crippen LogP contribution in [-0.4, -0.2) is 40.2 Å². The molecule has 1 aliphatic carbocycles. The van der Waals surface area contributed by atoms with Crippen LogP contribution in [0.2, 0.25) is 0 Å². The molecule has 0 bridgehead atoms. The van der Waals surface area contributed by atoms with Gasteiger partial charge in [-0.25, -0.2) is 0 Å². The second-order valence-electron chi connectivity index (χ2n) is 5.89. The summed E-state index contributed by atoms with van der Waals surface area (Å²) in [5, 5.41) is 29.9. The highest BCUT2D eigenvalue weighted by Crippen LogP contribution is 2.29. The Morgan fingerprint density at radius 2 is 1.90 bits per heavy atom. The summed E-state index contributed by atoms with van der Waals surface area (Å²) in [5.74, 6) is 0.578. The van der Waals surface area contributed by atoms with E-state index in [0.717, 1.165) is 25.7 Å². The monoisotopic (exact) mass is 295 g/mol. The molecule has 0 saturated heterocycles. The molecule has 1 aliphatic rings. The number of rotatable bonds is 6. The van der Waals surface area contributed by atoms with Crippen molar-refractivity contribution in [2.45, 2.75) is 49.9 Å². The molecular formula is C16H25NO4. The van der Waals surface area contributed by atoms with Gasteiger partial charge in [-0.2, -0.15) is 0 Å². The lowest BCUT2D eigenvalue weighted by Crippen LogP contribution is -2.37. The smallest absolute Gasteiger partial charge is 0.119 e. The highest BCUT2D eigenvalue weighted by molar-refractivity contribution is 5.30. The summed E-state index contributed by atoms with van der Waals surface area (Å²) < 4.78 is 5.68. The van der Waals surface area contributed by atoms with Gasteiger partial charge >= 0.3 is 0 Å². The third-order valence-electron chi connectivity index (χ3n) is 4.10. The Kier molecular flexibility index (Phi) is 5.58. The third kappa shape index (κ3) is 4.41. The first-order valence-electron chi connectivity index (χ1n) is 7.55. The van der Waals surface area contributed by atoms with E-state index in [4.69, 9.17) is 10.5 Å². The van der Waals surface area contributed by atoms with Crippen molar-refractivity contribution in [2.75, 3.05) is 13.2 Å². The van der Waals surface area contributed by atoms with Crippen LogP contribution in [0.3, 0.4) is 0 Å². The van der Waals surface area contributed by atoms with E-state index in [1.807, 2.05) is 0 Å². The number of aliphatic hydroxyl groups excluding tert-OH is 2. The number of nitrogens with two attached hydrogens (primary N) is 1. The predicted molar refractivity (Wildman–Crippen MR) is 80.0 cm³/mol. The van der Waals surface area contributed by atoms with E-state index in [0.29, 0.717) is 11.3 Å². The van der Waals surface area contributed by atoms with Crippen molar-refractivity contribution in [3.63, 3.8) is 0 Å². The molecule has 2 rings (SSSR count). The van der Waals surface area contributed by atoms with Crippen LogP contribution in [0, 0.1) is 0 Å². The van der Waals surface area contributed by atoms with E-state index in [2.05, 4.69) is 0 Å². The highest BCUT2D eigenvalue weighted by atomic mass is 16.5.